The van der Waals surface area contributed by atoms with Crippen molar-refractivity contribution in [3.8, 4) is 11.1 Å². The van der Waals surface area contributed by atoms with Crippen molar-refractivity contribution in [3.05, 3.63) is 88.5 Å². The number of nitrogens with one attached hydrogen (secondary N) is 1. The van der Waals surface area contributed by atoms with Crippen LogP contribution in [0.25, 0.3) is 22.1 Å². The molecule has 0 amide bonds. The smallest absolute Gasteiger partial charge is 0.261 e. The van der Waals surface area contributed by atoms with E-state index in [2.05, 4.69) is 35.3 Å². The van der Waals surface area contributed by atoms with Crippen LogP contribution in [-0.2, 0) is 23.6 Å². The van der Waals surface area contributed by atoms with E-state index in [-0.39, 0.29) is 11.6 Å². The third kappa shape index (κ3) is 5.49. The number of hydrogen-bond acceptors (Lipinski definition) is 6. The van der Waals surface area contributed by atoms with Gasteiger partial charge in [0.1, 0.15) is 11.3 Å². The Hall–Kier alpha value is -3.40. The van der Waals surface area contributed by atoms with E-state index in [4.69, 9.17) is 4.42 Å². The number of anilines is 1. The van der Waals surface area contributed by atoms with Crippen molar-refractivity contribution >= 4 is 26.7 Å². The van der Waals surface area contributed by atoms with Gasteiger partial charge in [-0.2, -0.15) is 4.31 Å². The average molecular weight is 521 g/mol. The van der Waals surface area contributed by atoms with Crippen LogP contribution in [0.2, 0.25) is 0 Å². The van der Waals surface area contributed by atoms with Gasteiger partial charge in [-0.05, 0) is 36.2 Å². The van der Waals surface area contributed by atoms with Gasteiger partial charge in [-0.25, -0.2) is 8.42 Å². The van der Waals surface area contributed by atoms with Gasteiger partial charge in [0.05, 0.1) is 18.2 Å². The largest absolute Gasteiger partial charge is 0.459 e. The summed E-state index contributed by atoms with van der Waals surface area (Å²) in [6, 6.07) is 20.4. The predicted molar refractivity (Wildman–Crippen MR) is 147 cm³/mol. The summed E-state index contributed by atoms with van der Waals surface area (Å²) in [6.07, 6.45) is 3.06. The standard InChI is InChI=1S/C28H32N4O4S/c1-20(21-8-5-4-6-9-21)29-23-11-7-10-22(16-23)26-19-30(2)28(33)25-17-24(36-27(25)26)18-31-12-14-32(15-13-31)37(3,34)35/h4-11,16-17,19-20,29H,12-15,18H2,1-3H3. The molecule has 1 saturated heterocycles. The first-order valence-corrected chi connectivity index (χ1v) is 14.3. The Bertz CT molecular complexity index is 1570. The molecule has 9 heteroatoms. The van der Waals surface area contributed by atoms with E-state index in [1.807, 2.05) is 48.7 Å². The van der Waals surface area contributed by atoms with Gasteiger partial charge in [0, 0.05) is 56.7 Å². The van der Waals surface area contributed by atoms with E-state index in [0.717, 1.165) is 16.8 Å². The number of hydrogen-bond donors (Lipinski definition) is 1. The van der Waals surface area contributed by atoms with Crippen molar-refractivity contribution in [2.45, 2.75) is 19.5 Å². The molecule has 37 heavy (non-hydrogen) atoms. The molecule has 1 aliphatic rings. The molecule has 8 nitrogen and oxygen atoms in total. The van der Waals surface area contributed by atoms with E-state index >= 15 is 0 Å². The predicted octanol–water partition coefficient (Wildman–Crippen LogP) is 4.05. The second-order valence-corrected chi connectivity index (χ2v) is 11.7. The van der Waals surface area contributed by atoms with Crippen molar-refractivity contribution in [2.75, 3.05) is 37.8 Å². The van der Waals surface area contributed by atoms with Gasteiger partial charge >= 0.3 is 0 Å². The Morgan fingerprint density at radius 2 is 1.73 bits per heavy atom. The van der Waals surface area contributed by atoms with Crippen molar-refractivity contribution < 1.29 is 12.8 Å². The number of aromatic nitrogens is 1. The minimum absolute atomic E-state index is 0.109. The maximum atomic E-state index is 12.9. The number of rotatable bonds is 7. The normalized spacial score (nSPS) is 16.2. The van der Waals surface area contributed by atoms with E-state index < -0.39 is 10.0 Å². The average Bonchev–Trinajstić information content (AvgIpc) is 3.30. The molecule has 194 valence electrons. The first-order chi connectivity index (χ1) is 17.7. The first kappa shape index (κ1) is 25.3. The van der Waals surface area contributed by atoms with Crippen LogP contribution in [-0.4, -0.2) is 54.6 Å². The zero-order valence-corrected chi connectivity index (χ0v) is 22.2. The van der Waals surface area contributed by atoms with Crippen LogP contribution in [0.1, 0.15) is 24.3 Å². The van der Waals surface area contributed by atoms with Crippen molar-refractivity contribution in [3.63, 3.8) is 0 Å². The molecule has 2 aromatic heterocycles. The second-order valence-electron chi connectivity index (χ2n) is 9.71. The topological polar surface area (TPSA) is 87.8 Å². The summed E-state index contributed by atoms with van der Waals surface area (Å²) in [4.78, 5) is 15.1. The van der Waals surface area contributed by atoms with Gasteiger partial charge in [0.2, 0.25) is 10.0 Å². The van der Waals surface area contributed by atoms with Crippen LogP contribution >= 0.6 is 0 Å². The van der Waals surface area contributed by atoms with Gasteiger partial charge in [0.15, 0.2) is 0 Å². The summed E-state index contributed by atoms with van der Waals surface area (Å²) in [5.74, 6) is 0.694. The van der Waals surface area contributed by atoms with Crippen LogP contribution in [0.3, 0.4) is 0 Å². The Balaban J connectivity index is 1.41. The van der Waals surface area contributed by atoms with Gasteiger partial charge in [-0.15, -0.1) is 0 Å². The number of aryl methyl sites for hydroxylation is 1. The maximum absolute atomic E-state index is 12.9. The van der Waals surface area contributed by atoms with E-state index in [1.54, 1.807) is 11.6 Å². The van der Waals surface area contributed by atoms with Gasteiger partial charge in [-0.1, -0.05) is 42.5 Å². The third-order valence-electron chi connectivity index (χ3n) is 6.94. The molecule has 1 fully saturated rings. The van der Waals surface area contributed by atoms with Crippen LogP contribution in [0.4, 0.5) is 5.69 Å². The van der Waals surface area contributed by atoms with Crippen LogP contribution < -0.4 is 10.9 Å². The number of pyridine rings is 1. The highest BCUT2D eigenvalue weighted by atomic mass is 32.2. The summed E-state index contributed by atoms with van der Waals surface area (Å²) in [5, 5.41) is 4.11. The Morgan fingerprint density at radius 1 is 1.00 bits per heavy atom. The summed E-state index contributed by atoms with van der Waals surface area (Å²) in [7, 11) is -1.43. The highest BCUT2D eigenvalue weighted by Crippen LogP contribution is 2.32. The Labute approximate surface area is 217 Å². The van der Waals surface area contributed by atoms with E-state index in [0.29, 0.717) is 49.5 Å². The first-order valence-electron chi connectivity index (χ1n) is 12.4. The molecule has 3 heterocycles. The van der Waals surface area contributed by atoms with Gasteiger partial charge in [0.25, 0.3) is 5.56 Å². The monoisotopic (exact) mass is 520 g/mol. The quantitative estimate of drug-likeness (QED) is 0.396. The molecular formula is C28H32N4O4S. The van der Waals surface area contributed by atoms with E-state index in [9.17, 15) is 13.2 Å². The summed E-state index contributed by atoms with van der Waals surface area (Å²) >= 11 is 0. The lowest BCUT2D eigenvalue weighted by Gasteiger charge is -2.32. The number of benzene rings is 2. The molecule has 0 radical (unpaired) electrons. The number of sulfonamides is 1. The van der Waals surface area contributed by atoms with Crippen LogP contribution in [0.15, 0.2) is 76.1 Å². The van der Waals surface area contributed by atoms with Gasteiger partial charge in [-0.3, -0.25) is 9.69 Å². The molecule has 1 N–H and O–H groups in total. The minimum atomic E-state index is -3.18. The zero-order chi connectivity index (χ0) is 26.2. The molecule has 1 aliphatic heterocycles. The SMILES string of the molecule is CC(Nc1cccc(-c2cn(C)c(=O)c3cc(CN4CCN(S(C)(=O)=O)CC4)oc23)c1)c1ccccc1. The Kier molecular flexibility index (Phi) is 6.94. The van der Waals surface area contributed by atoms with Crippen molar-refractivity contribution in [1.82, 2.24) is 13.8 Å². The fourth-order valence-electron chi connectivity index (χ4n) is 4.88. The summed E-state index contributed by atoms with van der Waals surface area (Å²) in [6.45, 7) is 4.77. The fourth-order valence-corrected chi connectivity index (χ4v) is 5.70. The third-order valence-corrected chi connectivity index (χ3v) is 8.24. The Morgan fingerprint density at radius 3 is 2.43 bits per heavy atom. The van der Waals surface area contributed by atoms with Crippen molar-refractivity contribution in [1.29, 1.82) is 0 Å². The molecular weight excluding hydrogens is 488 g/mol. The molecule has 0 saturated carbocycles. The van der Waals surface area contributed by atoms with Crippen LogP contribution in [0, 0.1) is 0 Å². The zero-order valence-electron chi connectivity index (χ0n) is 21.3. The molecule has 1 unspecified atom stereocenters. The molecule has 0 aliphatic carbocycles. The van der Waals surface area contributed by atoms with Crippen molar-refractivity contribution in [2.24, 2.45) is 7.05 Å². The number of furan rings is 1. The number of piperazine rings is 1. The fraction of sp³-hybridized carbons (Fsp3) is 0.321. The maximum Gasteiger partial charge on any atom is 0.261 e. The molecule has 0 spiro atoms. The lowest BCUT2D eigenvalue weighted by Crippen LogP contribution is -2.47. The number of fused-ring (bicyclic) bond motifs is 1. The molecule has 1 atom stereocenters. The lowest BCUT2D eigenvalue weighted by atomic mass is 10.0. The highest BCUT2D eigenvalue weighted by molar-refractivity contribution is 7.88. The molecule has 4 aromatic rings. The highest BCUT2D eigenvalue weighted by Gasteiger charge is 2.24. The molecule has 5 rings (SSSR count). The summed E-state index contributed by atoms with van der Waals surface area (Å²) < 4.78 is 33.0. The van der Waals surface area contributed by atoms with Gasteiger partial charge < -0.3 is 14.3 Å². The summed E-state index contributed by atoms with van der Waals surface area (Å²) in [5.41, 5.74) is 4.44. The van der Waals surface area contributed by atoms with E-state index in [1.165, 1.54) is 16.1 Å². The molecule has 0 bridgehead atoms. The number of nitrogens with zero attached hydrogens (tertiary/aromatic N) is 3. The second kappa shape index (κ2) is 10.2. The molecule has 2 aromatic carbocycles. The minimum Gasteiger partial charge on any atom is -0.459 e. The van der Waals surface area contributed by atoms with Crippen LogP contribution in [0.5, 0.6) is 0 Å². The lowest BCUT2D eigenvalue weighted by molar-refractivity contribution is 0.172.